The van der Waals surface area contributed by atoms with Crippen molar-refractivity contribution in [3.05, 3.63) is 52.2 Å². The predicted molar refractivity (Wildman–Crippen MR) is 106 cm³/mol. The molecule has 0 spiro atoms. The van der Waals surface area contributed by atoms with E-state index in [9.17, 15) is 9.59 Å². The number of thiophene rings is 1. The van der Waals surface area contributed by atoms with Crippen LogP contribution < -0.4 is 10.2 Å². The maximum absolute atomic E-state index is 12.6. The Kier molecular flexibility index (Phi) is 7.66. The zero-order valence-corrected chi connectivity index (χ0v) is 16.3. The van der Waals surface area contributed by atoms with Crippen LogP contribution in [0.1, 0.15) is 47.5 Å². The first-order valence-electron chi connectivity index (χ1n) is 8.77. The average molecular weight is 375 g/mol. The lowest BCUT2D eigenvalue weighted by Crippen LogP contribution is -2.30. The van der Waals surface area contributed by atoms with Crippen LogP contribution in [0.15, 0.2) is 41.8 Å². The number of hydrogen-bond donors (Lipinski definition) is 1. The Morgan fingerprint density at radius 3 is 2.54 bits per heavy atom. The van der Waals surface area contributed by atoms with Gasteiger partial charge >= 0.3 is 5.97 Å². The molecule has 0 aliphatic rings. The Morgan fingerprint density at radius 2 is 1.96 bits per heavy atom. The number of ether oxygens (including phenoxy) is 1. The molecule has 0 saturated heterocycles. The van der Waals surface area contributed by atoms with Crippen molar-refractivity contribution in [1.82, 2.24) is 5.32 Å². The molecule has 0 fully saturated rings. The SMILES string of the molecule is CCCCN(C)c1ccc(C(=O)NC(CC(=O)OC)c2cccs2)cc1. The number of nitrogens with zero attached hydrogens (tertiary/aromatic N) is 1. The van der Waals surface area contributed by atoms with E-state index in [1.165, 1.54) is 18.4 Å². The van der Waals surface area contributed by atoms with Crippen molar-refractivity contribution < 1.29 is 14.3 Å². The quantitative estimate of drug-likeness (QED) is 0.674. The van der Waals surface area contributed by atoms with Crippen molar-refractivity contribution in [2.45, 2.75) is 32.2 Å². The van der Waals surface area contributed by atoms with Gasteiger partial charge < -0.3 is 15.0 Å². The van der Waals surface area contributed by atoms with Crippen LogP contribution in [-0.2, 0) is 9.53 Å². The van der Waals surface area contributed by atoms with Crippen LogP contribution in [0, 0.1) is 0 Å². The summed E-state index contributed by atoms with van der Waals surface area (Å²) in [5.41, 5.74) is 1.66. The molecule has 2 aromatic rings. The molecule has 5 nitrogen and oxygen atoms in total. The smallest absolute Gasteiger partial charge is 0.307 e. The van der Waals surface area contributed by atoms with Crippen LogP contribution in [0.5, 0.6) is 0 Å². The van der Waals surface area contributed by atoms with Gasteiger partial charge in [-0.2, -0.15) is 0 Å². The summed E-state index contributed by atoms with van der Waals surface area (Å²) in [7, 11) is 3.40. The fourth-order valence-corrected chi connectivity index (χ4v) is 3.37. The second-order valence-corrected chi connectivity index (χ2v) is 7.12. The van der Waals surface area contributed by atoms with E-state index >= 15 is 0 Å². The molecule has 0 radical (unpaired) electrons. The van der Waals surface area contributed by atoms with Gasteiger partial charge in [0, 0.05) is 29.7 Å². The number of unbranched alkanes of at least 4 members (excludes halogenated alkanes) is 1. The summed E-state index contributed by atoms with van der Waals surface area (Å²) >= 11 is 1.51. The maximum Gasteiger partial charge on any atom is 0.307 e. The first kappa shape index (κ1) is 20.0. The molecular formula is C20H26N2O3S. The Balaban J connectivity index is 2.05. The number of benzene rings is 1. The molecule has 1 aromatic heterocycles. The van der Waals surface area contributed by atoms with E-state index < -0.39 is 0 Å². The van der Waals surface area contributed by atoms with Crippen LogP contribution in [0.4, 0.5) is 5.69 Å². The summed E-state index contributed by atoms with van der Waals surface area (Å²) in [6.45, 7) is 3.15. The van der Waals surface area contributed by atoms with Gasteiger partial charge in [-0.1, -0.05) is 19.4 Å². The van der Waals surface area contributed by atoms with Crippen LogP contribution in [-0.4, -0.2) is 32.6 Å². The Labute approximate surface area is 159 Å². The Bertz CT molecular complexity index is 698. The Morgan fingerprint density at radius 1 is 1.23 bits per heavy atom. The van der Waals surface area contributed by atoms with Crippen molar-refractivity contribution in [1.29, 1.82) is 0 Å². The van der Waals surface area contributed by atoms with E-state index in [4.69, 9.17) is 4.74 Å². The predicted octanol–water partition coefficient (Wildman–Crippen LogP) is 4.02. The van der Waals surface area contributed by atoms with Gasteiger partial charge in [-0.3, -0.25) is 9.59 Å². The van der Waals surface area contributed by atoms with Gasteiger partial charge in [-0.25, -0.2) is 0 Å². The lowest BCUT2D eigenvalue weighted by Gasteiger charge is -2.20. The highest BCUT2D eigenvalue weighted by Gasteiger charge is 2.20. The molecule has 26 heavy (non-hydrogen) atoms. The summed E-state index contributed by atoms with van der Waals surface area (Å²) < 4.78 is 4.75. The molecule has 0 aliphatic heterocycles. The average Bonchev–Trinajstić information content (AvgIpc) is 3.20. The summed E-state index contributed by atoms with van der Waals surface area (Å²) in [6.07, 6.45) is 2.39. The molecule has 1 heterocycles. The van der Waals surface area contributed by atoms with Gasteiger partial charge in [0.15, 0.2) is 0 Å². The highest BCUT2D eigenvalue weighted by atomic mass is 32.1. The minimum Gasteiger partial charge on any atom is -0.469 e. The molecule has 1 unspecified atom stereocenters. The maximum atomic E-state index is 12.6. The summed E-state index contributed by atoms with van der Waals surface area (Å²) in [4.78, 5) is 27.4. The number of carbonyl (C=O) groups is 2. The zero-order chi connectivity index (χ0) is 18.9. The topological polar surface area (TPSA) is 58.6 Å². The molecule has 6 heteroatoms. The van der Waals surface area contributed by atoms with E-state index in [1.807, 2.05) is 48.8 Å². The van der Waals surface area contributed by atoms with Crippen molar-refractivity contribution in [3.8, 4) is 0 Å². The molecule has 140 valence electrons. The molecule has 1 atom stereocenters. The normalized spacial score (nSPS) is 11.7. The molecule has 1 aromatic carbocycles. The third-order valence-electron chi connectivity index (χ3n) is 4.21. The highest BCUT2D eigenvalue weighted by molar-refractivity contribution is 7.10. The summed E-state index contributed by atoms with van der Waals surface area (Å²) in [5.74, 6) is -0.549. The van der Waals surface area contributed by atoms with Crippen molar-refractivity contribution >= 4 is 28.9 Å². The van der Waals surface area contributed by atoms with Crippen molar-refractivity contribution in [3.63, 3.8) is 0 Å². The van der Waals surface area contributed by atoms with E-state index in [-0.39, 0.29) is 24.3 Å². The number of rotatable bonds is 9. The van der Waals surface area contributed by atoms with Gasteiger partial charge in [-0.15, -0.1) is 11.3 Å². The number of hydrogen-bond acceptors (Lipinski definition) is 5. The van der Waals surface area contributed by atoms with Crippen molar-refractivity contribution in [2.24, 2.45) is 0 Å². The summed E-state index contributed by atoms with van der Waals surface area (Å²) in [5, 5.41) is 4.86. The first-order chi connectivity index (χ1) is 12.5. The van der Waals surface area contributed by atoms with Crippen molar-refractivity contribution in [2.75, 3.05) is 25.6 Å². The number of amides is 1. The lowest BCUT2D eigenvalue weighted by molar-refractivity contribution is -0.141. The molecule has 0 aliphatic carbocycles. The molecule has 1 N–H and O–H groups in total. The second kappa shape index (κ2) is 9.97. The molecule has 2 rings (SSSR count). The minimum absolute atomic E-state index is 0.112. The fourth-order valence-electron chi connectivity index (χ4n) is 2.60. The molecule has 0 saturated carbocycles. The van der Waals surface area contributed by atoms with Gasteiger partial charge in [0.2, 0.25) is 0 Å². The van der Waals surface area contributed by atoms with Crippen LogP contribution in [0.25, 0.3) is 0 Å². The molecule has 1 amide bonds. The van der Waals surface area contributed by atoms with Gasteiger partial charge in [-0.05, 0) is 42.1 Å². The monoisotopic (exact) mass is 374 g/mol. The first-order valence-corrected chi connectivity index (χ1v) is 9.65. The van der Waals surface area contributed by atoms with E-state index in [2.05, 4.69) is 17.1 Å². The zero-order valence-electron chi connectivity index (χ0n) is 15.5. The van der Waals surface area contributed by atoms with Crippen LogP contribution in [0.3, 0.4) is 0 Å². The highest BCUT2D eigenvalue weighted by Crippen LogP contribution is 2.23. The summed E-state index contributed by atoms with van der Waals surface area (Å²) in [6, 6.07) is 11.0. The number of nitrogens with one attached hydrogen (secondary N) is 1. The number of anilines is 1. The third-order valence-corrected chi connectivity index (χ3v) is 5.19. The van der Waals surface area contributed by atoms with Gasteiger partial charge in [0.1, 0.15) is 0 Å². The Hall–Kier alpha value is -2.34. The number of carbonyl (C=O) groups excluding carboxylic acids is 2. The number of esters is 1. The standard InChI is InChI=1S/C20H26N2O3S/c1-4-5-12-22(2)16-10-8-15(9-11-16)20(24)21-17(14-19(23)25-3)18-7-6-13-26-18/h6-11,13,17H,4-5,12,14H2,1-3H3,(H,21,24). The fraction of sp³-hybridized carbons (Fsp3) is 0.400. The van der Waals surface area contributed by atoms with Crippen LogP contribution in [0.2, 0.25) is 0 Å². The molecule has 0 bridgehead atoms. The minimum atomic E-state index is -0.387. The largest absolute Gasteiger partial charge is 0.469 e. The van der Waals surface area contributed by atoms with E-state index in [1.54, 1.807) is 0 Å². The van der Waals surface area contributed by atoms with Gasteiger partial charge in [0.05, 0.1) is 19.6 Å². The van der Waals surface area contributed by atoms with E-state index in [0.29, 0.717) is 5.56 Å². The lowest BCUT2D eigenvalue weighted by atomic mass is 10.1. The second-order valence-electron chi connectivity index (χ2n) is 6.14. The van der Waals surface area contributed by atoms with E-state index in [0.717, 1.165) is 30.0 Å². The van der Waals surface area contributed by atoms with Gasteiger partial charge in [0.25, 0.3) is 5.91 Å². The van der Waals surface area contributed by atoms with Crippen LogP contribution >= 0.6 is 11.3 Å². The molecular weight excluding hydrogens is 348 g/mol. The number of methoxy groups -OCH3 is 1. The third kappa shape index (κ3) is 5.59.